The fourth-order valence-electron chi connectivity index (χ4n) is 4.55. The molecule has 17 heteroatoms. The zero-order valence-electron chi connectivity index (χ0n) is 23.2. The third kappa shape index (κ3) is 9.55. The van der Waals surface area contributed by atoms with Crippen molar-refractivity contribution < 1.29 is 40.7 Å². The molecular formula is C27H29F6N7O4. The Balaban J connectivity index is 1.24. The van der Waals surface area contributed by atoms with E-state index in [1.165, 1.54) is 30.6 Å². The lowest BCUT2D eigenvalue weighted by atomic mass is 10.1. The Morgan fingerprint density at radius 3 is 2.75 bits per heavy atom. The summed E-state index contributed by atoms with van der Waals surface area (Å²) in [6.45, 7) is -0.180. The number of pyridine rings is 1. The van der Waals surface area contributed by atoms with Crippen LogP contribution in [-0.2, 0) is 24.4 Å². The molecule has 0 aliphatic carbocycles. The van der Waals surface area contributed by atoms with Gasteiger partial charge in [0.15, 0.2) is 5.69 Å². The van der Waals surface area contributed by atoms with Crippen molar-refractivity contribution in [1.82, 2.24) is 29.8 Å². The number of halogens is 6. The quantitative estimate of drug-likeness (QED) is 0.295. The third-order valence-electron chi connectivity index (χ3n) is 6.62. The highest BCUT2D eigenvalue weighted by atomic mass is 19.4. The maximum absolute atomic E-state index is 14.7. The van der Waals surface area contributed by atoms with E-state index in [2.05, 4.69) is 25.7 Å². The van der Waals surface area contributed by atoms with Gasteiger partial charge in [0.2, 0.25) is 11.7 Å². The molecule has 2 aromatic heterocycles. The number of amides is 2. The van der Waals surface area contributed by atoms with Crippen LogP contribution in [0.15, 0.2) is 47.5 Å². The summed E-state index contributed by atoms with van der Waals surface area (Å²) >= 11 is 0. The van der Waals surface area contributed by atoms with Crippen molar-refractivity contribution in [3.05, 3.63) is 70.2 Å². The number of rotatable bonds is 12. The molecule has 44 heavy (non-hydrogen) atoms. The molecule has 11 nitrogen and oxygen atoms in total. The van der Waals surface area contributed by atoms with Crippen molar-refractivity contribution in [3.63, 3.8) is 0 Å². The first-order valence-corrected chi connectivity index (χ1v) is 13.6. The fraction of sp³-hybridized carbons (Fsp3) is 0.444. The Bertz CT molecular complexity index is 1510. The van der Waals surface area contributed by atoms with Crippen molar-refractivity contribution >= 4 is 17.5 Å². The summed E-state index contributed by atoms with van der Waals surface area (Å²) < 4.78 is 85.9. The SMILES string of the molecule is O=C(CN1CCCC(F)C1)Nc1ccn(CCC(F)Cn2cc(C(=O)NCc3cccc(OC(F)(F)F)c3)nn2)c(=O)c1F. The highest BCUT2D eigenvalue weighted by Gasteiger charge is 2.31. The molecule has 3 heterocycles. The summed E-state index contributed by atoms with van der Waals surface area (Å²) in [5, 5.41) is 12.1. The van der Waals surface area contributed by atoms with Crippen LogP contribution in [0, 0.1) is 5.82 Å². The molecule has 2 amide bonds. The van der Waals surface area contributed by atoms with Gasteiger partial charge in [-0.2, -0.15) is 4.39 Å². The van der Waals surface area contributed by atoms with Gasteiger partial charge in [-0.3, -0.25) is 19.3 Å². The molecule has 1 aliphatic rings. The summed E-state index contributed by atoms with van der Waals surface area (Å²) in [5.41, 5.74) is -1.24. The van der Waals surface area contributed by atoms with E-state index < -0.39 is 47.6 Å². The molecule has 2 atom stereocenters. The van der Waals surface area contributed by atoms with Crippen LogP contribution in [0.4, 0.5) is 32.0 Å². The van der Waals surface area contributed by atoms with Crippen LogP contribution in [0.25, 0.3) is 0 Å². The van der Waals surface area contributed by atoms with Crippen LogP contribution in [0.5, 0.6) is 5.75 Å². The van der Waals surface area contributed by atoms with Gasteiger partial charge in [0.25, 0.3) is 11.5 Å². The number of nitrogens with one attached hydrogen (secondary N) is 2. The Morgan fingerprint density at radius 1 is 1.20 bits per heavy atom. The van der Waals surface area contributed by atoms with Crippen LogP contribution < -0.4 is 20.9 Å². The molecule has 1 saturated heterocycles. The lowest BCUT2D eigenvalue weighted by molar-refractivity contribution is -0.274. The first-order chi connectivity index (χ1) is 20.9. The highest BCUT2D eigenvalue weighted by molar-refractivity contribution is 5.92. The van der Waals surface area contributed by atoms with E-state index in [9.17, 15) is 40.7 Å². The number of benzene rings is 1. The second-order valence-corrected chi connectivity index (χ2v) is 10.2. The average molecular weight is 630 g/mol. The Hall–Kier alpha value is -4.41. The van der Waals surface area contributed by atoms with Crippen LogP contribution in [0.1, 0.15) is 35.3 Å². The van der Waals surface area contributed by atoms with Crippen molar-refractivity contribution in [2.45, 2.75) is 57.6 Å². The van der Waals surface area contributed by atoms with E-state index in [1.54, 1.807) is 4.90 Å². The van der Waals surface area contributed by atoms with Crippen LogP contribution in [0.3, 0.4) is 0 Å². The van der Waals surface area contributed by atoms with Gasteiger partial charge in [-0.1, -0.05) is 17.3 Å². The zero-order valence-corrected chi connectivity index (χ0v) is 23.2. The van der Waals surface area contributed by atoms with Gasteiger partial charge in [0, 0.05) is 25.8 Å². The van der Waals surface area contributed by atoms with Crippen molar-refractivity contribution in [2.75, 3.05) is 25.0 Å². The molecule has 238 valence electrons. The number of carbonyl (C=O) groups excluding carboxylic acids is 2. The summed E-state index contributed by atoms with van der Waals surface area (Å²) in [7, 11) is 0. The summed E-state index contributed by atoms with van der Waals surface area (Å²) in [4.78, 5) is 38.6. The molecule has 1 aromatic carbocycles. The lowest BCUT2D eigenvalue weighted by Gasteiger charge is -2.28. The summed E-state index contributed by atoms with van der Waals surface area (Å²) in [6.07, 6.45) is -4.26. The molecule has 1 fully saturated rings. The number of alkyl halides is 5. The lowest BCUT2D eigenvalue weighted by Crippen LogP contribution is -2.41. The highest BCUT2D eigenvalue weighted by Crippen LogP contribution is 2.23. The normalized spacial score (nSPS) is 16.4. The smallest absolute Gasteiger partial charge is 0.406 e. The predicted octanol–water partition coefficient (Wildman–Crippen LogP) is 3.21. The summed E-state index contributed by atoms with van der Waals surface area (Å²) in [5.74, 6) is -2.96. The van der Waals surface area contributed by atoms with Crippen molar-refractivity contribution in [1.29, 1.82) is 0 Å². The molecule has 2 unspecified atom stereocenters. The number of ether oxygens (including phenoxy) is 1. The molecule has 0 saturated carbocycles. The minimum atomic E-state index is -4.86. The van der Waals surface area contributed by atoms with Crippen molar-refractivity contribution in [3.8, 4) is 5.75 Å². The number of likely N-dealkylation sites (tertiary alicyclic amines) is 1. The number of nitrogens with zero attached hydrogens (tertiary/aromatic N) is 5. The second-order valence-electron chi connectivity index (χ2n) is 10.2. The zero-order chi connectivity index (χ0) is 31.9. The maximum atomic E-state index is 14.7. The topological polar surface area (TPSA) is 123 Å². The molecular weight excluding hydrogens is 600 g/mol. The van der Waals surface area contributed by atoms with Crippen LogP contribution in [-0.4, -0.2) is 74.6 Å². The first kappa shape index (κ1) is 32.5. The van der Waals surface area contributed by atoms with E-state index >= 15 is 0 Å². The minimum absolute atomic E-state index is 0.104. The van der Waals surface area contributed by atoms with Gasteiger partial charge in [-0.05, 0) is 49.6 Å². The van der Waals surface area contributed by atoms with E-state index in [-0.39, 0.29) is 50.5 Å². The average Bonchev–Trinajstić information content (AvgIpc) is 3.41. The van der Waals surface area contributed by atoms with Gasteiger partial charge < -0.3 is 19.9 Å². The van der Waals surface area contributed by atoms with Crippen LogP contribution >= 0.6 is 0 Å². The van der Waals surface area contributed by atoms with Gasteiger partial charge >= 0.3 is 6.36 Å². The Kier molecular flexibility index (Phi) is 10.6. The van der Waals surface area contributed by atoms with Gasteiger partial charge in [-0.15, -0.1) is 18.3 Å². The first-order valence-electron chi connectivity index (χ1n) is 13.6. The molecule has 3 aromatic rings. The molecule has 2 N–H and O–H groups in total. The van der Waals surface area contributed by atoms with Crippen LogP contribution in [0.2, 0.25) is 0 Å². The molecule has 4 rings (SSSR count). The van der Waals surface area contributed by atoms with E-state index in [1.807, 2.05) is 0 Å². The van der Waals surface area contributed by atoms with E-state index in [0.29, 0.717) is 24.9 Å². The number of aryl methyl sites for hydroxylation is 1. The fourth-order valence-corrected chi connectivity index (χ4v) is 4.55. The summed E-state index contributed by atoms with van der Waals surface area (Å²) in [6, 6.07) is 6.21. The Labute approximate surface area is 246 Å². The number of piperidine rings is 1. The molecule has 0 radical (unpaired) electrons. The molecule has 1 aliphatic heterocycles. The van der Waals surface area contributed by atoms with E-state index in [0.717, 1.165) is 21.4 Å². The second kappa shape index (κ2) is 14.4. The predicted molar refractivity (Wildman–Crippen MR) is 144 cm³/mol. The number of hydrogen-bond acceptors (Lipinski definition) is 7. The van der Waals surface area contributed by atoms with Gasteiger partial charge in [0.05, 0.1) is 25.0 Å². The maximum Gasteiger partial charge on any atom is 0.573 e. The minimum Gasteiger partial charge on any atom is -0.406 e. The van der Waals surface area contributed by atoms with Gasteiger partial charge in [-0.25, -0.2) is 13.5 Å². The van der Waals surface area contributed by atoms with Gasteiger partial charge in [0.1, 0.15) is 18.1 Å². The third-order valence-corrected chi connectivity index (χ3v) is 6.62. The monoisotopic (exact) mass is 629 g/mol. The number of carbonyl (C=O) groups is 2. The molecule has 0 spiro atoms. The van der Waals surface area contributed by atoms with Crippen molar-refractivity contribution in [2.24, 2.45) is 0 Å². The Morgan fingerprint density at radius 2 is 2.00 bits per heavy atom. The standard InChI is InChI=1S/C27H29F6N7O4/c28-18-4-2-8-38(13-18)16-23(41)35-21-7-10-39(26(43)24(21)30)9-6-19(29)14-40-15-22(36-37-40)25(42)34-12-17-3-1-5-20(11-17)44-27(31,32)33/h1,3,5,7,10-11,15,18-19H,2,4,6,8-9,12-14,16H2,(H,34,42)(H,35,41). The van der Waals surface area contributed by atoms with E-state index in [4.69, 9.17) is 0 Å². The molecule has 0 bridgehead atoms. The number of aromatic nitrogens is 4. The number of anilines is 1. The number of hydrogen-bond donors (Lipinski definition) is 2. The largest absolute Gasteiger partial charge is 0.573 e.